The van der Waals surface area contributed by atoms with Gasteiger partial charge in [-0.25, -0.2) is 0 Å². The van der Waals surface area contributed by atoms with Gasteiger partial charge in [0.25, 0.3) is 0 Å². The van der Waals surface area contributed by atoms with Crippen LogP contribution in [0.5, 0.6) is 0 Å². The van der Waals surface area contributed by atoms with Crippen LogP contribution in [0.1, 0.15) is 38.5 Å². The van der Waals surface area contributed by atoms with E-state index >= 15 is 0 Å². The molecule has 4 heteroatoms. The molecule has 4 unspecified atom stereocenters. The second-order valence-corrected chi connectivity index (χ2v) is 7.11. The summed E-state index contributed by atoms with van der Waals surface area (Å²) in [6.45, 7) is 0. The molecule has 4 atom stereocenters. The van der Waals surface area contributed by atoms with Gasteiger partial charge in [-0.2, -0.15) is 0 Å². The van der Waals surface area contributed by atoms with E-state index in [0.717, 1.165) is 25.7 Å². The van der Waals surface area contributed by atoms with Crippen molar-refractivity contribution in [3.63, 3.8) is 0 Å². The molecule has 0 saturated heterocycles. The van der Waals surface area contributed by atoms with Crippen LogP contribution >= 0.6 is 0 Å². The van der Waals surface area contributed by atoms with E-state index in [2.05, 4.69) is 0 Å². The third-order valence-corrected chi connectivity index (χ3v) is 6.22. The monoisotopic (exact) mass is 274 g/mol. The Morgan fingerprint density at radius 2 is 0.750 bits per heavy atom. The molecule has 4 aliphatic carbocycles. The van der Waals surface area contributed by atoms with Crippen molar-refractivity contribution >= 4 is 23.1 Å². The zero-order valence-electron chi connectivity index (χ0n) is 11.3. The first-order valence-electron chi connectivity index (χ1n) is 7.65. The lowest BCUT2D eigenvalue weighted by Crippen LogP contribution is -2.41. The maximum absolute atomic E-state index is 11.9. The van der Waals surface area contributed by atoms with Crippen LogP contribution in [0, 0.1) is 35.5 Å². The number of rotatable bonds is 0. The molecule has 0 N–H and O–H groups in total. The summed E-state index contributed by atoms with van der Waals surface area (Å²) in [7, 11) is 0. The van der Waals surface area contributed by atoms with Gasteiger partial charge in [0.2, 0.25) is 0 Å². The number of ketones is 4. The number of carbonyl (C=O) groups excluding carboxylic acids is 4. The molecule has 4 saturated carbocycles. The third-order valence-electron chi connectivity index (χ3n) is 6.22. The highest BCUT2D eigenvalue weighted by Crippen LogP contribution is 2.53. The van der Waals surface area contributed by atoms with Crippen LogP contribution in [0.2, 0.25) is 0 Å². The molecule has 0 heterocycles. The van der Waals surface area contributed by atoms with Gasteiger partial charge in [-0.3, -0.25) is 19.2 Å². The molecule has 0 aromatic rings. The Labute approximate surface area is 117 Å². The smallest absolute Gasteiger partial charge is 0.144 e. The van der Waals surface area contributed by atoms with E-state index in [4.69, 9.17) is 0 Å². The van der Waals surface area contributed by atoms with Gasteiger partial charge >= 0.3 is 0 Å². The van der Waals surface area contributed by atoms with E-state index in [1.807, 2.05) is 0 Å². The summed E-state index contributed by atoms with van der Waals surface area (Å²) in [6, 6.07) is 0. The SMILES string of the molecule is O=C1CC(=O)C2CC3CC4C(=O)CC(=O)C4CC3CC12. The van der Waals surface area contributed by atoms with Crippen molar-refractivity contribution in [3.05, 3.63) is 0 Å². The molecule has 0 aromatic carbocycles. The van der Waals surface area contributed by atoms with Crippen LogP contribution in [0.25, 0.3) is 0 Å². The maximum Gasteiger partial charge on any atom is 0.144 e. The highest BCUT2D eigenvalue weighted by atomic mass is 16.2. The Kier molecular flexibility index (Phi) is 2.54. The van der Waals surface area contributed by atoms with E-state index in [1.54, 1.807) is 0 Å². The number of hydrogen-bond donors (Lipinski definition) is 0. The van der Waals surface area contributed by atoms with Crippen molar-refractivity contribution in [2.75, 3.05) is 0 Å². The quantitative estimate of drug-likeness (QED) is 0.625. The Morgan fingerprint density at radius 3 is 1.00 bits per heavy atom. The van der Waals surface area contributed by atoms with Crippen LogP contribution < -0.4 is 0 Å². The van der Waals surface area contributed by atoms with E-state index in [0.29, 0.717) is 11.8 Å². The third kappa shape index (κ3) is 1.60. The lowest BCUT2D eigenvalue weighted by molar-refractivity contribution is -0.128. The molecule has 20 heavy (non-hydrogen) atoms. The minimum atomic E-state index is -0.0903. The number of fused-ring (bicyclic) bond motifs is 3. The van der Waals surface area contributed by atoms with Gasteiger partial charge in [0, 0.05) is 23.7 Å². The Bertz CT molecular complexity index is 443. The molecule has 0 aromatic heterocycles. The number of carbonyl (C=O) groups is 4. The average molecular weight is 274 g/mol. The summed E-state index contributed by atoms with van der Waals surface area (Å²) in [5.41, 5.74) is 0. The zero-order chi connectivity index (χ0) is 14.0. The maximum atomic E-state index is 11.9. The Morgan fingerprint density at radius 1 is 0.500 bits per heavy atom. The summed E-state index contributed by atoms with van der Waals surface area (Å²) in [5, 5.41) is 0. The Balaban J connectivity index is 1.59. The summed E-state index contributed by atoms with van der Waals surface area (Å²) < 4.78 is 0. The van der Waals surface area contributed by atoms with Gasteiger partial charge in [0.15, 0.2) is 0 Å². The van der Waals surface area contributed by atoms with Crippen molar-refractivity contribution in [1.29, 1.82) is 0 Å². The molecule has 4 fully saturated rings. The van der Waals surface area contributed by atoms with Gasteiger partial charge in [-0.1, -0.05) is 0 Å². The second kappa shape index (κ2) is 4.09. The van der Waals surface area contributed by atoms with E-state index in [-0.39, 0.29) is 59.6 Å². The lowest BCUT2D eigenvalue weighted by Gasteiger charge is -2.43. The second-order valence-electron chi connectivity index (χ2n) is 7.11. The highest BCUT2D eigenvalue weighted by Gasteiger charge is 2.54. The first-order chi connectivity index (χ1) is 9.54. The summed E-state index contributed by atoms with van der Waals surface area (Å²) in [5.74, 6) is 0.789. The topological polar surface area (TPSA) is 68.3 Å². The minimum absolute atomic E-state index is 0.0903. The van der Waals surface area contributed by atoms with Crippen molar-refractivity contribution in [1.82, 2.24) is 0 Å². The van der Waals surface area contributed by atoms with Gasteiger partial charge < -0.3 is 0 Å². The first-order valence-corrected chi connectivity index (χ1v) is 7.65. The molecule has 0 radical (unpaired) electrons. The van der Waals surface area contributed by atoms with Crippen molar-refractivity contribution in [2.45, 2.75) is 38.5 Å². The predicted molar refractivity (Wildman–Crippen MR) is 68.7 cm³/mol. The van der Waals surface area contributed by atoms with Crippen molar-refractivity contribution in [2.24, 2.45) is 35.5 Å². The van der Waals surface area contributed by atoms with Crippen LogP contribution in [0.4, 0.5) is 0 Å². The fraction of sp³-hybridized carbons (Fsp3) is 0.750. The molecular weight excluding hydrogens is 256 g/mol. The highest BCUT2D eigenvalue weighted by molar-refractivity contribution is 6.09. The van der Waals surface area contributed by atoms with Crippen molar-refractivity contribution < 1.29 is 19.2 Å². The molecule has 106 valence electrons. The number of hydrogen-bond acceptors (Lipinski definition) is 4. The van der Waals surface area contributed by atoms with E-state index < -0.39 is 0 Å². The largest absolute Gasteiger partial charge is 0.299 e. The Hall–Kier alpha value is -1.32. The molecule has 0 amide bonds. The fourth-order valence-electron chi connectivity index (χ4n) is 5.22. The average Bonchev–Trinajstić information content (AvgIpc) is 2.84. The summed E-state index contributed by atoms with van der Waals surface area (Å²) >= 11 is 0. The van der Waals surface area contributed by atoms with Crippen LogP contribution in [-0.2, 0) is 19.2 Å². The number of Topliss-reactive ketones (excluding diaryl/α,β-unsaturated/α-hetero) is 4. The molecular formula is C16H18O4. The molecule has 0 bridgehead atoms. The van der Waals surface area contributed by atoms with Gasteiger partial charge in [0.1, 0.15) is 23.1 Å². The van der Waals surface area contributed by atoms with Crippen LogP contribution in [-0.4, -0.2) is 23.1 Å². The van der Waals surface area contributed by atoms with Gasteiger partial charge in [0.05, 0.1) is 12.8 Å². The van der Waals surface area contributed by atoms with Crippen molar-refractivity contribution in [3.8, 4) is 0 Å². The minimum Gasteiger partial charge on any atom is -0.299 e. The van der Waals surface area contributed by atoms with Gasteiger partial charge in [-0.15, -0.1) is 0 Å². The van der Waals surface area contributed by atoms with E-state index in [9.17, 15) is 19.2 Å². The predicted octanol–water partition coefficient (Wildman–Crippen LogP) is 1.35. The molecule has 0 spiro atoms. The molecule has 4 nitrogen and oxygen atoms in total. The van der Waals surface area contributed by atoms with Crippen LogP contribution in [0.15, 0.2) is 0 Å². The molecule has 0 aliphatic heterocycles. The fourth-order valence-corrected chi connectivity index (χ4v) is 5.22. The molecule has 4 aliphatic rings. The van der Waals surface area contributed by atoms with Crippen LogP contribution in [0.3, 0.4) is 0 Å². The van der Waals surface area contributed by atoms with Gasteiger partial charge in [-0.05, 0) is 37.5 Å². The standard InChI is InChI=1S/C16H18O4/c17-13-5-14(18)10-3-8-4-12-11(15(19)6-16(12)20)2-7(8)1-9(10)13/h7-12H,1-6H2. The summed E-state index contributed by atoms with van der Waals surface area (Å²) in [4.78, 5) is 47.6. The normalized spacial score (nSPS) is 47.2. The lowest BCUT2D eigenvalue weighted by atomic mass is 9.59. The molecule has 4 rings (SSSR count). The van der Waals surface area contributed by atoms with E-state index in [1.165, 1.54) is 0 Å². The first kappa shape index (κ1) is 12.4. The zero-order valence-corrected chi connectivity index (χ0v) is 11.3. The summed E-state index contributed by atoms with van der Waals surface area (Å²) in [6.07, 6.45) is 3.30.